The summed E-state index contributed by atoms with van der Waals surface area (Å²) in [7, 11) is 0. The number of hydrogen-bond acceptors (Lipinski definition) is 0. The molecule has 0 amide bonds. The molecule has 2 heteroatoms. The van der Waals surface area contributed by atoms with Crippen LogP contribution in [0, 0.1) is 0 Å². The van der Waals surface area contributed by atoms with E-state index in [0.717, 1.165) is 0 Å². The first kappa shape index (κ1) is 11.9. The molecule has 74 valence electrons. The van der Waals surface area contributed by atoms with E-state index in [0.29, 0.717) is 0 Å². The molecule has 0 nitrogen and oxygen atoms in total. The van der Waals surface area contributed by atoms with E-state index in [1.165, 1.54) is 7.91 Å². The maximum absolute atomic E-state index is 2.21. The Morgan fingerprint density at radius 1 is 0.571 bits per heavy atom. The van der Waals surface area contributed by atoms with Gasteiger partial charge < -0.3 is 0 Å². The molecule has 14 heavy (non-hydrogen) atoms. The van der Waals surface area contributed by atoms with Crippen LogP contribution in [0.1, 0.15) is 0 Å². The summed E-state index contributed by atoms with van der Waals surface area (Å²) in [5, 5.41) is 0. The van der Waals surface area contributed by atoms with Crippen molar-refractivity contribution in [2.45, 2.75) is 0 Å². The van der Waals surface area contributed by atoms with Gasteiger partial charge in [-0.2, -0.15) is 0 Å². The molecule has 2 rings (SSSR count). The summed E-state index contributed by atoms with van der Waals surface area (Å²) < 4.78 is 2.96. The molecule has 0 bridgehead atoms. The first-order chi connectivity index (χ1) is 6.45. The third-order valence-corrected chi connectivity index (χ3v) is 4.43. The van der Waals surface area contributed by atoms with Gasteiger partial charge in [-0.1, -0.05) is 0 Å². The van der Waals surface area contributed by atoms with Crippen LogP contribution in [0.25, 0.3) is 0 Å². The molecular weight excluding hydrogens is 531 g/mol. The van der Waals surface area contributed by atoms with Gasteiger partial charge in [0.25, 0.3) is 0 Å². The second-order valence-electron chi connectivity index (χ2n) is 2.60. The zero-order valence-electron chi connectivity index (χ0n) is 7.42. The van der Waals surface area contributed by atoms with Crippen LogP contribution in [-0.4, -0.2) is 0 Å². The van der Waals surface area contributed by atoms with Crippen LogP contribution in [0.15, 0.2) is 60.7 Å². The molecule has 2 aromatic carbocycles. The molecular formula is C12H10IrPt+3. The van der Waals surface area contributed by atoms with Crippen LogP contribution >= 0.6 is 0 Å². The van der Waals surface area contributed by atoms with Crippen molar-refractivity contribution < 1.29 is 38.7 Å². The van der Waals surface area contributed by atoms with Crippen molar-refractivity contribution in [1.82, 2.24) is 0 Å². The maximum atomic E-state index is 2.21. The van der Waals surface area contributed by atoms with E-state index >= 15 is 0 Å². The summed E-state index contributed by atoms with van der Waals surface area (Å²) in [5.41, 5.74) is 0. The van der Waals surface area contributed by atoms with E-state index in [1.54, 1.807) is 0 Å². The van der Waals surface area contributed by atoms with Crippen molar-refractivity contribution in [2.24, 2.45) is 0 Å². The van der Waals surface area contributed by atoms with Crippen molar-refractivity contribution in [3.63, 3.8) is 0 Å². The summed E-state index contributed by atoms with van der Waals surface area (Å²) in [6, 6.07) is 21.4. The number of hydrogen-bond donors (Lipinski definition) is 0. The average molecular weight is 542 g/mol. The van der Waals surface area contributed by atoms with Gasteiger partial charge in [-0.15, -0.1) is 0 Å². The first-order valence-corrected chi connectivity index (χ1v) is 6.41. The Morgan fingerprint density at radius 3 is 1.29 bits per heavy atom. The fourth-order valence-electron chi connectivity index (χ4n) is 1.02. The molecule has 0 unspecified atom stereocenters. The molecule has 0 saturated heterocycles. The molecule has 0 spiro atoms. The minimum absolute atomic E-state index is 0. The van der Waals surface area contributed by atoms with E-state index in [4.69, 9.17) is 0 Å². The summed E-state index contributed by atoms with van der Waals surface area (Å²) in [4.78, 5) is 0. The topological polar surface area (TPSA) is 0 Å². The van der Waals surface area contributed by atoms with Crippen molar-refractivity contribution >= 4 is 7.91 Å². The van der Waals surface area contributed by atoms with E-state index in [1.807, 2.05) is 0 Å². The Hall–Kier alpha value is -0.222. The SMILES string of the molecule is [Ir+3].c1cc[c]([Pt][c]2ccccc2)cc1. The Balaban J connectivity index is 0.000000980. The quantitative estimate of drug-likeness (QED) is 0.544. The molecule has 0 aliphatic carbocycles. The van der Waals surface area contributed by atoms with E-state index < -0.39 is 0 Å². The monoisotopic (exact) mass is 542 g/mol. The Morgan fingerprint density at radius 2 is 0.929 bits per heavy atom. The molecule has 0 N–H and O–H groups in total. The Labute approximate surface area is 107 Å². The van der Waals surface area contributed by atoms with Crippen molar-refractivity contribution in [3.8, 4) is 0 Å². The van der Waals surface area contributed by atoms with Gasteiger partial charge in [-0.3, -0.25) is 0 Å². The first-order valence-electron chi connectivity index (χ1n) is 4.14. The van der Waals surface area contributed by atoms with Gasteiger partial charge in [0.15, 0.2) is 0 Å². The predicted molar refractivity (Wildman–Crippen MR) is 52.2 cm³/mol. The van der Waals surface area contributed by atoms with Gasteiger partial charge in [0.2, 0.25) is 0 Å². The van der Waals surface area contributed by atoms with Crippen molar-refractivity contribution in [2.75, 3.05) is 0 Å². The van der Waals surface area contributed by atoms with Gasteiger partial charge in [0.05, 0.1) is 0 Å². The van der Waals surface area contributed by atoms with Crippen LogP contribution in [0.5, 0.6) is 0 Å². The number of rotatable bonds is 2. The summed E-state index contributed by atoms with van der Waals surface area (Å²) in [5.74, 6) is 0. The fourth-order valence-corrected chi connectivity index (χ4v) is 3.41. The van der Waals surface area contributed by atoms with Gasteiger partial charge in [-0.05, 0) is 0 Å². The standard InChI is InChI=1S/2C6H5.Ir.Pt/c2*1-2-4-6-5-3-1;;/h2*1-5H;;/q;;+3;. The van der Waals surface area contributed by atoms with E-state index in [2.05, 4.69) is 60.7 Å². The van der Waals surface area contributed by atoms with Gasteiger partial charge in [0.1, 0.15) is 0 Å². The molecule has 2 aromatic rings. The minimum atomic E-state index is 0. The van der Waals surface area contributed by atoms with Crippen LogP contribution in [0.2, 0.25) is 0 Å². The second kappa shape index (κ2) is 6.30. The van der Waals surface area contributed by atoms with Crippen molar-refractivity contribution in [1.29, 1.82) is 0 Å². The fraction of sp³-hybridized carbons (Fsp3) is 0. The van der Waals surface area contributed by atoms with Crippen LogP contribution in [0.3, 0.4) is 0 Å². The third-order valence-electron chi connectivity index (χ3n) is 1.61. The molecule has 0 saturated carbocycles. The zero-order chi connectivity index (χ0) is 8.93. The predicted octanol–water partition coefficient (Wildman–Crippen LogP) is 1.72. The Kier molecular flexibility index (Phi) is 5.33. The average Bonchev–Trinajstić information content (AvgIpc) is 2.21. The van der Waals surface area contributed by atoms with E-state index in [-0.39, 0.29) is 38.7 Å². The molecule has 0 aliphatic rings. The van der Waals surface area contributed by atoms with Gasteiger partial charge in [-0.25, -0.2) is 0 Å². The molecule has 0 radical (unpaired) electrons. The molecule has 0 atom stereocenters. The molecule has 0 aliphatic heterocycles. The third kappa shape index (κ3) is 3.50. The van der Waals surface area contributed by atoms with Crippen LogP contribution in [0.4, 0.5) is 0 Å². The molecule has 0 heterocycles. The zero-order valence-corrected chi connectivity index (χ0v) is 12.1. The van der Waals surface area contributed by atoms with Gasteiger partial charge in [0, 0.05) is 0 Å². The number of benzene rings is 2. The Bertz CT molecular complexity index is 321. The normalized spacial score (nSPS) is 9.43. The van der Waals surface area contributed by atoms with Gasteiger partial charge >= 0.3 is 107 Å². The van der Waals surface area contributed by atoms with E-state index in [9.17, 15) is 0 Å². The molecule has 0 aromatic heterocycles. The summed E-state index contributed by atoms with van der Waals surface area (Å²) >= 11 is 0.0186. The summed E-state index contributed by atoms with van der Waals surface area (Å²) in [6.07, 6.45) is 0. The summed E-state index contributed by atoms with van der Waals surface area (Å²) in [6.45, 7) is 0. The van der Waals surface area contributed by atoms with Crippen LogP contribution in [-0.2, 0) is 38.7 Å². The van der Waals surface area contributed by atoms with Crippen molar-refractivity contribution in [3.05, 3.63) is 60.7 Å². The second-order valence-corrected chi connectivity index (χ2v) is 5.79. The van der Waals surface area contributed by atoms with Crippen LogP contribution < -0.4 is 7.91 Å². The molecule has 0 fully saturated rings.